The molecule has 1 fully saturated rings. The minimum absolute atomic E-state index is 0. The van der Waals surface area contributed by atoms with Gasteiger partial charge in [-0.05, 0) is 45.0 Å². The zero-order valence-corrected chi connectivity index (χ0v) is 13.1. The number of nitrogens with one attached hydrogen (secondary N) is 1. The van der Waals surface area contributed by atoms with Crippen LogP contribution in [0, 0.1) is 0 Å². The monoisotopic (exact) mass is 298 g/mol. The second kappa shape index (κ2) is 7.50. The number of amides is 1. The standard InChI is InChI=1S/C15H22N2O2.ClH/c1-11(2)19-14-6-4-5-12(9-14)15(18)17(3)13-7-8-16-10-13;/h4-6,9,11,13,16H,7-8,10H2,1-3H3;1H/t13-;/m1./s1. The highest BCUT2D eigenvalue weighted by Crippen LogP contribution is 2.18. The smallest absolute Gasteiger partial charge is 0.254 e. The maximum Gasteiger partial charge on any atom is 0.254 e. The highest BCUT2D eigenvalue weighted by molar-refractivity contribution is 5.94. The summed E-state index contributed by atoms with van der Waals surface area (Å²) in [5, 5.41) is 3.28. The van der Waals surface area contributed by atoms with E-state index in [0.717, 1.165) is 25.3 Å². The summed E-state index contributed by atoms with van der Waals surface area (Å²) in [6.07, 6.45) is 1.13. The van der Waals surface area contributed by atoms with Crippen LogP contribution in [-0.4, -0.2) is 43.1 Å². The summed E-state index contributed by atoms with van der Waals surface area (Å²) < 4.78 is 5.63. The van der Waals surface area contributed by atoms with E-state index in [9.17, 15) is 4.79 Å². The molecule has 1 aliphatic rings. The topological polar surface area (TPSA) is 41.6 Å². The van der Waals surface area contributed by atoms with E-state index in [2.05, 4.69) is 5.32 Å². The number of hydrogen-bond donors (Lipinski definition) is 1. The summed E-state index contributed by atoms with van der Waals surface area (Å²) in [6.45, 7) is 5.82. The number of nitrogens with zero attached hydrogens (tertiary/aromatic N) is 1. The molecule has 0 aromatic heterocycles. The van der Waals surface area contributed by atoms with E-state index >= 15 is 0 Å². The van der Waals surface area contributed by atoms with Gasteiger partial charge in [-0.2, -0.15) is 0 Å². The van der Waals surface area contributed by atoms with Crippen LogP contribution in [0.2, 0.25) is 0 Å². The van der Waals surface area contributed by atoms with Crippen LogP contribution in [-0.2, 0) is 0 Å². The summed E-state index contributed by atoms with van der Waals surface area (Å²) in [4.78, 5) is 14.2. The molecule has 0 bridgehead atoms. The van der Waals surface area contributed by atoms with Crippen LogP contribution in [0.4, 0.5) is 0 Å². The summed E-state index contributed by atoms with van der Waals surface area (Å²) >= 11 is 0. The predicted octanol–water partition coefficient (Wildman–Crippen LogP) is 2.33. The fraction of sp³-hybridized carbons (Fsp3) is 0.533. The molecule has 1 amide bonds. The Morgan fingerprint density at radius 1 is 1.45 bits per heavy atom. The zero-order chi connectivity index (χ0) is 13.8. The number of carbonyl (C=O) groups is 1. The van der Waals surface area contributed by atoms with Gasteiger partial charge in [0.15, 0.2) is 0 Å². The first kappa shape index (κ1) is 16.8. The van der Waals surface area contributed by atoms with Gasteiger partial charge in [0.2, 0.25) is 0 Å². The minimum atomic E-state index is 0. The van der Waals surface area contributed by atoms with Crippen molar-refractivity contribution >= 4 is 18.3 Å². The van der Waals surface area contributed by atoms with Gasteiger partial charge >= 0.3 is 0 Å². The van der Waals surface area contributed by atoms with Crippen LogP contribution < -0.4 is 10.1 Å². The highest BCUT2D eigenvalue weighted by Gasteiger charge is 2.24. The van der Waals surface area contributed by atoms with E-state index in [4.69, 9.17) is 4.74 Å². The van der Waals surface area contributed by atoms with Crippen molar-refractivity contribution in [3.63, 3.8) is 0 Å². The van der Waals surface area contributed by atoms with Crippen LogP contribution >= 0.6 is 12.4 Å². The molecule has 0 radical (unpaired) electrons. The predicted molar refractivity (Wildman–Crippen MR) is 82.8 cm³/mol. The summed E-state index contributed by atoms with van der Waals surface area (Å²) in [5.41, 5.74) is 0.688. The van der Waals surface area contributed by atoms with Crippen LogP contribution in [0.1, 0.15) is 30.6 Å². The minimum Gasteiger partial charge on any atom is -0.491 e. The number of likely N-dealkylation sites (N-methyl/N-ethyl adjacent to an activating group) is 1. The molecule has 1 N–H and O–H groups in total. The second-order valence-electron chi connectivity index (χ2n) is 5.26. The van der Waals surface area contributed by atoms with Crippen molar-refractivity contribution in [3.8, 4) is 5.75 Å². The molecular weight excluding hydrogens is 276 g/mol. The molecule has 1 aromatic carbocycles. The Morgan fingerprint density at radius 3 is 2.80 bits per heavy atom. The van der Waals surface area contributed by atoms with Gasteiger partial charge in [0.25, 0.3) is 5.91 Å². The van der Waals surface area contributed by atoms with Gasteiger partial charge in [-0.15, -0.1) is 12.4 Å². The molecule has 1 saturated heterocycles. The molecule has 1 aliphatic heterocycles. The number of hydrogen-bond acceptors (Lipinski definition) is 3. The lowest BCUT2D eigenvalue weighted by Crippen LogP contribution is -2.38. The molecule has 5 heteroatoms. The van der Waals surface area contributed by atoms with Crippen molar-refractivity contribution < 1.29 is 9.53 Å². The van der Waals surface area contributed by atoms with E-state index in [0.29, 0.717) is 11.6 Å². The van der Waals surface area contributed by atoms with Crippen molar-refractivity contribution in [3.05, 3.63) is 29.8 Å². The molecule has 0 spiro atoms. The Labute approximate surface area is 126 Å². The molecule has 112 valence electrons. The number of benzene rings is 1. The van der Waals surface area contributed by atoms with Gasteiger partial charge in [0.05, 0.1) is 6.10 Å². The molecule has 1 heterocycles. The Bertz CT molecular complexity index is 445. The van der Waals surface area contributed by atoms with Crippen molar-refractivity contribution in [2.75, 3.05) is 20.1 Å². The van der Waals surface area contributed by atoms with Crippen molar-refractivity contribution in [2.45, 2.75) is 32.4 Å². The second-order valence-corrected chi connectivity index (χ2v) is 5.26. The molecule has 2 rings (SSSR count). The third-order valence-corrected chi connectivity index (χ3v) is 3.36. The molecule has 0 unspecified atom stereocenters. The Balaban J connectivity index is 0.00000200. The van der Waals surface area contributed by atoms with E-state index in [1.54, 1.807) is 0 Å². The first-order valence-corrected chi connectivity index (χ1v) is 6.82. The summed E-state index contributed by atoms with van der Waals surface area (Å²) in [5.74, 6) is 0.807. The first-order chi connectivity index (χ1) is 9.08. The van der Waals surface area contributed by atoms with Gasteiger partial charge < -0.3 is 15.0 Å². The fourth-order valence-electron chi connectivity index (χ4n) is 2.31. The van der Waals surface area contributed by atoms with Crippen molar-refractivity contribution in [1.29, 1.82) is 0 Å². The molecule has 4 nitrogen and oxygen atoms in total. The largest absolute Gasteiger partial charge is 0.491 e. The van der Waals surface area contributed by atoms with E-state index < -0.39 is 0 Å². The van der Waals surface area contributed by atoms with E-state index in [-0.39, 0.29) is 24.4 Å². The van der Waals surface area contributed by atoms with E-state index in [1.165, 1.54) is 0 Å². The van der Waals surface area contributed by atoms with Gasteiger partial charge in [-0.1, -0.05) is 6.07 Å². The number of rotatable bonds is 4. The van der Waals surface area contributed by atoms with Crippen LogP contribution in [0.5, 0.6) is 5.75 Å². The third-order valence-electron chi connectivity index (χ3n) is 3.36. The molecule has 20 heavy (non-hydrogen) atoms. The molecule has 1 atom stereocenters. The highest BCUT2D eigenvalue weighted by atomic mass is 35.5. The number of halogens is 1. The van der Waals surface area contributed by atoms with Gasteiger partial charge in [0, 0.05) is 25.2 Å². The normalized spacial score (nSPS) is 17.7. The fourth-order valence-corrected chi connectivity index (χ4v) is 2.31. The molecular formula is C15H23ClN2O2. The molecule has 0 saturated carbocycles. The zero-order valence-electron chi connectivity index (χ0n) is 12.3. The van der Waals surface area contributed by atoms with Gasteiger partial charge in [-0.25, -0.2) is 0 Å². The molecule has 0 aliphatic carbocycles. The Kier molecular flexibility index (Phi) is 6.30. The number of ether oxygens (including phenoxy) is 1. The van der Waals surface area contributed by atoms with Crippen molar-refractivity contribution in [1.82, 2.24) is 10.2 Å². The number of carbonyl (C=O) groups excluding carboxylic acids is 1. The average molecular weight is 299 g/mol. The lowest BCUT2D eigenvalue weighted by Gasteiger charge is -2.24. The van der Waals surface area contributed by atoms with Crippen LogP contribution in [0.25, 0.3) is 0 Å². The first-order valence-electron chi connectivity index (χ1n) is 6.82. The maximum atomic E-state index is 12.4. The van der Waals surface area contributed by atoms with E-state index in [1.807, 2.05) is 50.1 Å². The van der Waals surface area contributed by atoms with Gasteiger partial charge in [0.1, 0.15) is 5.75 Å². The summed E-state index contributed by atoms with van der Waals surface area (Å²) in [7, 11) is 1.87. The lowest BCUT2D eigenvalue weighted by molar-refractivity contribution is 0.0743. The Hall–Kier alpha value is -1.26. The van der Waals surface area contributed by atoms with Crippen LogP contribution in [0.3, 0.4) is 0 Å². The third kappa shape index (κ3) is 4.12. The van der Waals surface area contributed by atoms with Crippen molar-refractivity contribution in [2.24, 2.45) is 0 Å². The SMILES string of the molecule is CC(C)Oc1cccc(C(=O)N(C)[C@@H]2CCNC2)c1.Cl. The quantitative estimate of drug-likeness (QED) is 0.927. The average Bonchev–Trinajstić information content (AvgIpc) is 2.90. The Morgan fingerprint density at radius 2 is 2.20 bits per heavy atom. The van der Waals surface area contributed by atoms with Gasteiger partial charge in [-0.3, -0.25) is 4.79 Å². The maximum absolute atomic E-state index is 12.4. The lowest BCUT2D eigenvalue weighted by atomic mass is 10.1. The summed E-state index contributed by atoms with van der Waals surface area (Å²) in [6, 6.07) is 7.71. The molecule has 1 aromatic rings. The van der Waals surface area contributed by atoms with Crippen LogP contribution in [0.15, 0.2) is 24.3 Å².